The van der Waals surface area contributed by atoms with Gasteiger partial charge in [0.2, 0.25) is 0 Å². The first-order valence-electron chi connectivity index (χ1n) is 8.64. The molecule has 150 valence electrons. The largest absolute Gasteiger partial charge is 0.573 e. The van der Waals surface area contributed by atoms with Crippen LogP contribution >= 0.6 is 11.3 Å². The second kappa shape index (κ2) is 8.91. The zero-order valence-electron chi connectivity index (χ0n) is 14.9. The summed E-state index contributed by atoms with van der Waals surface area (Å²) in [4.78, 5) is 0.209. The van der Waals surface area contributed by atoms with Crippen LogP contribution in [-0.4, -0.2) is 26.6 Å². The number of ether oxygens (including phenoxy) is 1. The lowest BCUT2D eigenvalue weighted by Crippen LogP contribution is -2.18. The molecular weight excluding hydrogens is 409 g/mol. The number of nitrogens with zero attached hydrogens (tertiary/aromatic N) is 1. The summed E-state index contributed by atoms with van der Waals surface area (Å²) in [6, 6.07) is 14.0. The van der Waals surface area contributed by atoms with Crippen molar-refractivity contribution >= 4 is 32.4 Å². The predicted octanol–water partition coefficient (Wildman–Crippen LogP) is 4.46. The van der Waals surface area contributed by atoms with Crippen LogP contribution in [0.15, 0.2) is 48.5 Å². The van der Waals surface area contributed by atoms with Crippen molar-refractivity contribution in [1.82, 2.24) is 4.57 Å². The molecule has 0 radical (unpaired) electrons. The molecule has 0 bridgehead atoms. The molecule has 0 saturated heterocycles. The van der Waals surface area contributed by atoms with Crippen LogP contribution in [0.4, 0.5) is 13.2 Å². The summed E-state index contributed by atoms with van der Waals surface area (Å²) in [6.45, 7) is 0.385. The molecule has 1 heterocycles. The fourth-order valence-corrected chi connectivity index (χ4v) is 4.89. The van der Waals surface area contributed by atoms with Gasteiger partial charge in [-0.25, -0.2) is 0 Å². The van der Waals surface area contributed by atoms with Crippen LogP contribution in [0.1, 0.15) is 12.0 Å². The smallest absolute Gasteiger partial charge is 0.406 e. The van der Waals surface area contributed by atoms with E-state index in [0.717, 1.165) is 24.2 Å². The molecule has 2 aromatic carbocycles. The summed E-state index contributed by atoms with van der Waals surface area (Å²) >= 11 is 1.07. The van der Waals surface area contributed by atoms with Crippen LogP contribution < -0.4 is 9.54 Å². The van der Waals surface area contributed by atoms with Crippen molar-refractivity contribution in [3.05, 3.63) is 58.9 Å². The van der Waals surface area contributed by atoms with Crippen molar-refractivity contribution in [3.63, 3.8) is 0 Å². The molecule has 3 aromatic rings. The number of hydrogen-bond donors (Lipinski definition) is 1. The minimum absolute atomic E-state index is 0.209. The van der Waals surface area contributed by atoms with Gasteiger partial charge in [-0.3, -0.25) is 9.62 Å². The summed E-state index contributed by atoms with van der Waals surface area (Å²) in [6.07, 6.45) is -3.06. The standard InChI is InChI=1S/C19H19F3N2O2S2/c20-19(21,22)26-15-8-9-16-17(13-15)27-18(23)24(16)10-12-28(25)11-4-7-14-5-2-1-3-6-14/h1-3,5-6,8-9,13,23H,4,7,10-12H2. The molecular formula is C19H19F3N2O2S2. The summed E-state index contributed by atoms with van der Waals surface area (Å²) in [7, 11) is -1.02. The van der Waals surface area contributed by atoms with E-state index < -0.39 is 17.2 Å². The lowest BCUT2D eigenvalue weighted by atomic mass is 10.1. The monoisotopic (exact) mass is 428 g/mol. The molecule has 0 aliphatic heterocycles. The van der Waals surface area contributed by atoms with Gasteiger partial charge in [-0.2, -0.15) is 0 Å². The van der Waals surface area contributed by atoms with Gasteiger partial charge < -0.3 is 9.30 Å². The average molecular weight is 429 g/mol. The van der Waals surface area contributed by atoms with Gasteiger partial charge >= 0.3 is 6.36 Å². The SMILES string of the molecule is N=c1sc2cc(OC(F)(F)F)ccc2n1CCS(=O)CCCc1ccccc1. The van der Waals surface area contributed by atoms with Gasteiger partial charge in [0.25, 0.3) is 0 Å². The van der Waals surface area contributed by atoms with E-state index in [1.807, 2.05) is 30.3 Å². The van der Waals surface area contributed by atoms with E-state index in [2.05, 4.69) is 4.74 Å². The Morgan fingerprint density at radius 1 is 1.11 bits per heavy atom. The van der Waals surface area contributed by atoms with E-state index in [1.165, 1.54) is 23.8 Å². The molecule has 0 spiro atoms. The second-order valence-electron chi connectivity index (χ2n) is 6.17. The first-order chi connectivity index (χ1) is 13.3. The molecule has 1 N–H and O–H groups in total. The van der Waals surface area contributed by atoms with Gasteiger partial charge in [0, 0.05) is 28.9 Å². The number of hydrogen-bond acceptors (Lipinski definition) is 4. The Morgan fingerprint density at radius 3 is 2.57 bits per heavy atom. The Labute approximate surface area is 166 Å². The number of rotatable bonds is 8. The van der Waals surface area contributed by atoms with Crippen molar-refractivity contribution in [1.29, 1.82) is 5.41 Å². The Bertz CT molecular complexity index is 1010. The van der Waals surface area contributed by atoms with Crippen LogP contribution in [0.2, 0.25) is 0 Å². The van der Waals surface area contributed by atoms with Gasteiger partial charge in [0.15, 0.2) is 4.80 Å². The second-order valence-corrected chi connectivity index (χ2v) is 8.90. The number of halogens is 3. The number of fused-ring (bicyclic) bond motifs is 1. The number of thiazole rings is 1. The molecule has 4 nitrogen and oxygen atoms in total. The van der Waals surface area contributed by atoms with Gasteiger partial charge in [-0.15, -0.1) is 13.2 Å². The minimum Gasteiger partial charge on any atom is -0.406 e. The first-order valence-corrected chi connectivity index (χ1v) is 10.9. The lowest BCUT2D eigenvalue weighted by Gasteiger charge is -2.09. The zero-order valence-corrected chi connectivity index (χ0v) is 16.5. The number of alkyl halides is 3. The fraction of sp³-hybridized carbons (Fsp3) is 0.316. The van der Waals surface area contributed by atoms with Gasteiger partial charge in [-0.1, -0.05) is 41.7 Å². The van der Waals surface area contributed by atoms with Gasteiger partial charge in [-0.05, 0) is 36.6 Å². The molecule has 1 aromatic heterocycles. The van der Waals surface area contributed by atoms with Crippen molar-refractivity contribution in [2.45, 2.75) is 25.7 Å². The van der Waals surface area contributed by atoms with E-state index in [-0.39, 0.29) is 10.6 Å². The highest BCUT2D eigenvalue weighted by atomic mass is 32.2. The highest BCUT2D eigenvalue weighted by molar-refractivity contribution is 7.84. The maximum absolute atomic E-state index is 12.4. The summed E-state index contributed by atoms with van der Waals surface area (Å²) in [5.74, 6) is 0.671. The molecule has 0 saturated carbocycles. The molecule has 0 fully saturated rings. The molecule has 0 aliphatic rings. The third-order valence-electron chi connectivity index (χ3n) is 4.13. The number of benzene rings is 2. The predicted molar refractivity (Wildman–Crippen MR) is 105 cm³/mol. The highest BCUT2D eigenvalue weighted by Gasteiger charge is 2.31. The molecule has 0 aliphatic carbocycles. The molecule has 1 atom stereocenters. The summed E-state index contributed by atoms with van der Waals surface area (Å²) in [5, 5.41) is 8.06. The van der Waals surface area contributed by atoms with E-state index in [4.69, 9.17) is 5.41 Å². The quantitative estimate of drug-likeness (QED) is 0.576. The fourth-order valence-electron chi connectivity index (χ4n) is 2.86. The van der Waals surface area contributed by atoms with Crippen molar-refractivity contribution < 1.29 is 22.1 Å². The number of aromatic nitrogens is 1. The van der Waals surface area contributed by atoms with Crippen LogP contribution in [0.3, 0.4) is 0 Å². The zero-order chi connectivity index (χ0) is 20.1. The van der Waals surface area contributed by atoms with Gasteiger partial charge in [0.05, 0.1) is 10.2 Å². The number of aryl methyl sites for hydroxylation is 2. The summed E-state index contributed by atoms with van der Waals surface area (Å²) < 4.78 is 55.5. The highest BCUT2D eigenvalue weighted by Crippen LogP contribution is 2.27. The third-order valence-corrected chi connectivity index (χ3v) is 6.47. The average Bonchev–Trinajstić information content (AvgIpc) is 2.94. The van der Waals surface area contributed by atoms with E-state index >= 15 is 0 Å². The Hall–Kier alpha value is -2.13. The van der Waals surface area contributed by atoms with Crippen molar-refractivity contribution in [2.75, 3.05) is 11.5 Å². The first kappa shape index (κ1) is 20.6. The topological polar surface area (TPSA) is 55.1 Å². The number of nitrogens with one attached hydrogen (secondary N) is 1. The van der Waals surface area contributed by atoms with E-state index in [1.54, 1.807) is 4.57 Å². The molecule has 1 unspecified atom stereocenters. The van der Waals surface area contributed by atoms with Crippen LogP contribution in [0.25, 0.3) is 10.2 Å². The normalized spacial score (nSPS) is 13.0. The third kappa shape index (κ3) is 5.68. The van der Waals surface area contributed by atoms with Gasteiger partial charge in [0.1, 0.15) is 5.75 Å². The molecule has 3 rings (SSSR count). The molecule has 9 heteroatoms. The lowest BCUT2D eigenvalue weighted by molar-refractivity contribution is -0.274. The Morgan fingerprint density at radius 2 is 1.86 bits per heavy atom. The maximum Gasteiger partial charge on any atom is 0.573 e. The minimum atomic E-state index is -4.75. The van der Waals surface area contributed by atoms with Crippen LogP contribution in [0.5, 0.6) is 5.75 Å². The Balaban J connectivity index is 1.58. The summed E-state index contributed by atoms with van der Waals surface area (Å²) in [5.41, 5.74) is 1.86. The van der Waals surface area contributed by atoms with Crippen molar-refractivity contribution in [2.24, 2.45) is 0 Å². The van der Waals surface area contributed by atoms with Crippen LogP contribution in [0, 0.1) is 5.41 Å². The van der Waals surface area contributed by atoms with E-state index in [0.29, 0.717) is 28.3 Å². The van der Waals surface area contributed by atoms with Crippen LogP contribution in [-0.2, 0) is 23.8 Å². The Kier molecular flexibility index (Phi) is 6.56. The molecule has 0 amide bonds. The van der Waals surface area contributed by atoms with E-state index in [9.17, 15) is 17.4 Å². The maximum atomic E-state index is 12.4. The van der Waals surface area contributed by atoms with Crippen molar-refractivity contribution in [3.8, 4) is 5.75 Å². The molecule has 28 heavy (non-hydrogen) atoms.